The molecule has 1 fully saturated rings. The Morgan fingerprint density at radius 3 is 2.44 bits per heavy atom. The van der Waals surface area contributed by atoms with Crippen molar-refractivity contribution in [1.29, 1.82) is 0 Å². The summed E-state index contributed by atoms with van der Waals surface area (Å²) in [6.45, 7) is 6.44. The molecule has 0 radical (unpaired) electrons. The highest BCUT2D eigenvalue weighted by atomic mass is 32.2. The maximum atomic E-state index is 10.1. The molecule has 3 rings (SSSR count). The lowest BCUT2D eigenvalue weighted by Gasteiger charge is -2.32. The van der Waals surface area contributed by atoms with Crippen LogP contribution in [0, 0.1) is 13.8 Å². The summed E-state index contributed by atoms with van der Waals surface area (Å²) in [7, 11) is 0. The van der Waals surface area contributed by atoms with Crippen molar-refractivity contribution >= 4 is 11.8 Å². The maximum Gasteiger partial charge on any atom is 0.147 e. The first-order valence-electron chi connectivity index (χ1n) is 9.77. The smallest absolute Gasteiger partial charge is 0.147 e. The van der Waals surface area contributed by atoms with E-state index in [2.05, 4.69) is 57.2 Å². The standard InChI is InChI=1S/C23H30O3S/c1-4-17-5-7-18(8-6-17)11-19-10-15(2)9-16(3)23(19)26-22-13-20(25)12-21(14-24)27-22/h5-10,20-22,24-25H,4,11-14H2,1-3H3. The fourth-order valence-corrected chi connectivity index (χ4v) is 5.06. The van der Waals surface area contributed by atoms with Crippen molar-refractivity contribution in [1.82, 2.24) is 0 Å². The van der Waals surface area contributed by atoms with E-state index in [0.29, 0.717) is 12.8 Å². The molecule has 2 aromatic rings. The number of aryl methyl sites for hydroxylation is 3. The van der Waals surface area contributed by atoms with E-state index in [1.165, 1.54) is 22.3 Å². The van der Waals surface area contributed by atoms with Gasteiger partial charge in [0.1, 0.15) is 11.2 Å². The van der Waals surface area contributed by atoms with Crippen LogP contribution in [0.2, 0.25) is 0 Å². The van der Waals surface area contributed by atoms with E-state index in [9.17, 15) is 10.2 Å². The predicted octanol–water partition coefficient (Wildman–Crippen LogP) is 4.41. The van der Waals surface area contributed by atoms with Crippen molar-refractivity contribution in [3.8, 4) is 5.75 Å². The van der Waals surface area contributed by atoms with E-state index in [0.717, 1.165) is 24.2 Å². The topological polar surface area (TPSA) is 49.7 Å². The molecule has 2 aromatic carbocycles. The quantitative estimate of drug-likeness (QED) is 0.772. The second kappa shape index (κ2) is 9.13. The molecule has 1 saturated heterocycles. The Morgan fingerprint density at radius 1 is 1.07 bits per heavy atom. The first kappa shape index (κ1) is 20.2. The van der Waals surface area contributed by atoms with Crippen molar-refractivity contribution in [3.63, 3.8) is 0 Å². The molecule has 0 spiro atoms. The monoisotopic (exact) mass is 386 g/mol. The fourth-order valence-electron chi connectivity index (χ4n) is 3.73. The normalized spacial score (nSPS) is 22.6. The van der Waals surface area contributed by atoms with Crippen LogP contribution >= 0.6 is 11.8 Å². The Labute approximate surface area is 166 Å². The summed E-state index contributed by atoms with van der Waals surface area (Å²) in [4.78, 5) is 0. The van der Waals surface area contributed by atoms with Gasteiger partial charge in [0.05, 0.1) is 12.7 Å². The molecule has 1 aliphatic heterocycles. The zero-order valence-electron chi connectivity index (χ0n) is 16.4. The second-order valence-electron chi connectivity index (χ2n) is 7.53. The lowest BCUT2D eigenvalue weighted by molar-refractivity contribution is 0.103. The third-order valence-corrected chi connectivity index (χ3v) is 6.44. The van der Waals surface area contributed by atoms with E-state index < -0.39 is 6.10 Å². The van der Waals surface area contributed by atoms with Gasteiger partial charge in [-0.2, -0.15) is 0 Å². The van der Waals surface area contributed by atoms with Crippen molar-refractivity contribution < 1.29 is 14.9 Å². The molecule has 3 atom stereocenters. The molecule has 1 heterocycles. The summed E-state index contributed by atoms with van der Waals surface area (Å²) in [5.74, 6) is 0.920. The van der Waals surface area contributed by atoms with Crippen LogP contribution in [0.3, 0.4) is 0 Å². The Bertz CT molecular complexity index is 757. The SMILES string of the molecule is CCc1ccc(Cc2cc(C)cc(C)c2OC2CC(O)CC(CO)S2)cc1. The van der Waals surface area contributed by atoms with Gasteiger partial charge >= 0.3 is 0 Å². The largest absolute Gasteiger partial charge is 0.479 e. The summed E-state index contributed by atoms with van der Waals surface area (Å²) >= 11 is 1.63. The summed E-state index contributed by atoms with van der Waals surface area (Å²) < 4.78 is 6.38. The van der Waals surface area contributed by atoms with Crippen LogP contribution in [0.15, 0.2) is 36.4 Å². The van der Waals surface area contributed by atoms with Gasteiger partial charge in [-0.3, -0.25) is 0 Å². The van der Waals surface area contributed by atoms with Gasteiger partial charge in [0.15, 0.2) is 0 Å². The molecule has 0 bridgehead atoms. The first-order chi connectivity index (χ1) is 13.0. The third kappa shape index (κ3) is 5.28. The molecule has 0 saturated carbocycles. The van der Waals surface area contributed by atoms with E-state index in [4.69, 9.17) is 4.74 Å². The molecule has 0 aromatic heterocycles. The van der Waals surface area contributed by atoms with Gasteiger partial charge in [-0.1, -0.05) is 48.9 Å². The summed E-state index contributed by atoms with van der Waals surface area (Å²) in [6, 6.07) is 13.1. The molecular weight excluding hydrogens is 356 g/mol. The van der Waals surface area contributed by atoms with Crippen molar-refractivity contribution in [3.05, 3.63) is 64.2 Å². The minimum atomic E-state index is -0.413. The third-order valence-electron chi connectivity index (χ3n) is 5.12. The number of ether oxygens (including phenoxy) is 1. The van der Waals surface area contributed by atoms with Crippen molar-refractivity contribution in [2.75, 3.05) is 6.61 Å². The van der Waals surface area contributed by atoms with Crippen molar-refractivity contribution in [2.45, 2.75) is 63.2 Å². The lowest BCUT2D eigenvalue weighted by Crippen LogP contribution is -2.33. The Morgan fingerprint density at radius 2 is 1.78 bits per heavy atom. The molecule has 146 valence electrons. The Balaban J connectivity index is 1.83. The number of aliphatic hydroxyl groups excluding tert-OH is 2. The molecular formula is C23H30O3S. The predicted molar refractivity (Wildman–Crippen MR) is 113 cm³/mol. The van der Waals surface area contributed by atoms with Crippen LogP contribution in [0.5, 0.6) is 5.75 Å². The molecule has 27 heavy (non-hydrogen) atoms. The van der Waals surface area contributed by atoms with Crippen LogP contribution in [0.25, 0.3) is 0 Å². The van der Waals surface area contributed by atoms with Gasteiger partial charge in [-0.05, 0) is 48.9 Å². The highest BCUT2D eigenvalue weighted by molar-refractivity contribution is 8.00. The van der Waals surface area contributed by atoms with Crippen molar-refractivity contribution in [2.24, 2.45) is 0 Å². The average molecular weight is 387 g/mol. The summed E-state index contributed by atoms with van der Waals surface area (Å²) in [6.07, 6.45) is 2.68. The van der Waals surface area contributed by atoms with Crippen LogP contribution in [0.4, 0.5) is 0 Å². The second-order valence-corrected chi connectivity index (χ2v) is 8.99. The van der Waals surface area contributed by atoms with Crippen LogP contribution in [-0.2, 0) is 12.8 Å². The fraction of sp³-hybridized carbons (Fsp3) is 0.478. The zero-order valence-corrected chi connectivity index (χ0v) is 17.3. The lowest BCUT2D eigenvalue weighted by atomic mass is 9.98. The molecule has 1 aliphatic rings. The maximum absolute atomic E-state index is 10.1. The van der Waals surface area contributed by atoms with Gasteiger partial charge < -0.3 is 14.9 Å². The van der Waals surface area contributed by atoms with E-state index in [1.54, 1.807) is 11.8 Å². The minimum absolute atomic E-state index is 0.0366. The Kier molecular flexibility index (Phi) is 6.85. The molecule has 4 heteroatoms. The molecule has 2 N–H and O–H groups in total. The molecule has 0 aliphatic carbocycles. The van der Waals surface area contributed by atoms with Crippen LogP contribution < -0.4 is 4.74 Å². The highest BCUT2D eigenvalue weighted by Gasteiger charge is 2.30. The molecule has 0 amide bonds. The molecule has 3 nitrogen and oxygen atoms in total. The van der Waals surface area contributed by atoms with E-state index >= 15 is 0 Å². The molecule has 3 unspecified atom stereocenters. The summed E-state index contributed by atoms with van der Waals surface area (Å²) in [5.41, 5.74) is 6.01. The number of aliphatic hydroxyl groups is 2. The number of hydrogen-bond donors (Lipinski definition) is 2. The Hall–Kier alpha value is -1.49. The number of rotatable bonds is 6. The van der Waals surface area contributed by atoms with Gasteiger partial charge in [-0.25, -0.2) is 0 Å². The average Bonchev–Trinajstić information content (AvgIpc) is 2.64. The van der Waals surface area contributed by atoms with E-state index in [-0.39, 0.29) is 17.3 Å². The zero-order chi connectivity index (χ0) is 19.4. The number of benzene rings is 2. The first-order valence-corrected chi connectivity index (χ1v) is 10.7. The minimum Gasteiger partial charge on any atom is -0.479 e. The number of thioether (sulfide) groups is 1. The van der Waals surface area contributed by atoms with Gasteiger partial charge in [0.25, 0.3) is 0 Å². The van der Waals surface area contributed by atoms with Crippen LogP contribution in [0.1, 0.15) is 47.6 Å². The summed E-state index contributed by atoms with van der Waals surface area (Å²) in [5, 5.41) is 19.6. The van der Waals surface area contributed by atoms with Crippen LogP contribution in [-0.4, -0.2) is 33.6 Å². The number of hydrogen-bond acceptors (Lipinski definition) is 4. The van der Waals surface area contributed by atoms with Gasteiger partial charge in [0.2, 0.25) is 0 Å². The van der Waals surface area contributed by atoms with Gasteiger partial charge in [0, 0.05) is 18.1 Å². The van der Waals surface area contributed by atoms with E-state index in [1.807, 2.05) is 0 Å². The highest BCUT2D eigenvalue weighted by Crippen LogP contribution is 2.36. The van der Waals surface area contributed by atoms with Gasteiger partial charge in [-0.15, -0.1) is 11.8 Å².